The zero-order valence-electron chi connectivity index (χ0n) is 16.9. The van der Waals surface area contributed by atoms with Crippen molar-refractivity contribution in [2.75, 3.05) is 19.8 Å². The van der Waals surface area contributed by atoms with Crippen LogP contribution in [0.25, 0.3) is 0 Å². The van der Waals surface area contributed by atoms with Crippen molar-refractivity contribution in [3.63, 3.8) is 0 Å². The Morgan fingerprint density at radius 1 is 1.04 bits per heavy atom. The summed E-state index contributed by atoms with van der Waals surface area (Å²) in [6.45, 7) is 8.84. The molecule has 2 atom stereocenters. The first-order chi connectivity index (χ1) is 13.4. The molecule has 0 bridgehead atoms. The van der Waals surface area contributed by atoms with E-state index in [1.807, 2.05) is 52.0 Å². The van der Waals surface area contributed by atoms with E-state index in [-0.39, 0.29) is 18.7 Å². The number of aromatic nitrogens is 2. The molecule has 8 heteroatoms. The highest BCUT2D eigenvalue weighted by molar-refractivity contribution is 5.31. The van der Waals surface area contributed by atoms with E-state index in [1.54, 1.807) is 12.1 Å². The highest BCUT2D eigenvalue weighted by Gasteiger charge is 2.10. The van der Waals surface area contributed by atoms with Gasteiger partial charge in [-0.2, -0.15) is 5.11 Å². The zero-order valence-corrected chi connectivity index (χ0v) is 16.9. The van der Waals surface area contributed by atoms with Gasteiger partial charge in [-0.15, -0.1) is 15.3 Å². The summed E-state index contributed by atoms with van der Waals surface area (Å²) in [6.07, 6.45) is -0.618. The first-order valence-corrected chi connectivity index (χ1v) is 9.41. The minimum absolute atomic E-state index is 0.0233. The van der Waals surface area contributed by atoms with Crippen LogP contribution in [-0.4, -0.2) is 53.3 Å². The van der Waals surface area contributed by atoms with Gasteiger partial charge < -0.3 is 19.9 Å². The van der Waals surface area contributed by atoms with Gasteiger partial charge in [-0.25, -0.2) is 0 Å². The molecular formula is C20H29N5O3. The SMILES string of the molecule is Cc1ccccc1OCC(O)CNC(C)COc1ccc(N=NC(C)C)nn1. The van der Waals surface area contributed by atoms with Crippen molar-refractivity contribution in [1.29, 1.82) is 0 Å². The van der Waals surface area contributed by atoms with E-state index in [2.05, 4.69) is 25.7 Å². The number of para-hydroxylation sites is 1. The van der Waals surface area contributed by atoms with Crippen molar-refractivity contribution in [3.8, 4) is 11.6 Å². The van der Waals surface area contributed by atoms with E-state index in [9.17, 15) is 5.11 Å². The molecule has 1 aromatic heterocycles. The number of nitrogens with zero attached hydrogens (tertiary/aromatic N) is 4. The number of hydrogen-bond donors (Lipinski definition) is 2. The predicted octanol–water partition coefficient (Wildman–Crippen LogP) is 3.07. The second-order valence-corrected chi connectivity index (χ2v) is 6.89. The molecule has 1 heterocycles. The molecule has 0 saturated carbocycles. The first kappa shape index (κ1) is 21.7. The topological polar surface area (TPSA) is 101 Å². The quantitative estimate of drug-likeness (QED) is 0.575. The third-order valence-corrected chi connectivity index (χ3v) is 3.73. The lowest BCUT2D eigenvalue weighted by Gasteiger charge is -2.18. The maximum absolute atomic E-state index is 10.1. The molecule has 1 aromatic carbocycles. The number of aryl methyl sites for hydroxylation is 1. The summed E-state index contributed by atoms with van der Waals surface area (Å²) in [5.41, 5.74) is 1.04. The average molecular weight is 387 g/mol. The molecule has 0 saturated heterocycles. The summed E-state index contributed by atoms with van der Waals surface area (Å²) in [5, 5.41) is 29.2. The summed E-state index contributed by atoms with van der Waals surface area (Å²) in [5.74, 6) is 1.65. The Bertz CT molecular complexity index is 737. The second-order valence-electron chi connectivity index (χ2n) is 6.89. The highest BCUT2D eigenvalue weighted by atomic mass is 16.5. The van der Waals surface area contributed by atoms with Crippen LogP contribution in [-0.2, 0) is 0 Å². The standard InChI is InChI=1S/C20H29N5O3/c1-14(2)22-23-19-9-10-20(25-24-19)28-12-16(4)21-11-17(26)13-27-18-8-6-5-7-15(18)3/h5-10,14,16-17,21,26H,11-13H2,1-4H3. The highest BCUT2D eigenvalue weighted by Crippen LogP contribution is 2.16. The maximum atomic E-state index is 10.1. The first-order valence-electron chi connectivity index (χ1n) is 9.41. The summed E-state index contributed by atoms with van der Waals surface area (Å²) in [7, 11) is 0. The molecule has 0 aliphatic heterocycles. The smallest absolute Gasteiger partial charge is 0.233 e. The minimum Gasteiger partial charge on any atom is -0.491 e. The molecular weight excluding hydrogens is 358 g/mol. The molecule has 152 valence electrons. The van der Waals surface area contributed by atoms with Gasteiger partial charge in [0.2, 0.25) is 5.88 Å². The molecule has 8 nitrogen and oxygen atoms in total. The largest absolute Gasteiger partial charge is 0.491 e. The van der Waals surface area contributed by atoms with E-state index in [4.69, 9.17) is 9.47 Å². The number of rotatable bonds is 11. The summed E-state index contributed by atoms with van der Waals surface area (Å²) >= 11 is 0. The maximum Gasteiger partial charge on any atom is 0.233 e. The minimum atomic E-state index is -0.618. The summed E-state index contributed by atoms with van der Waals surface area (Å²) in [6, 6.07) is 11.3. The van der Waals surface area contributed by atoms with Crippen LogP contribution in [0.2, 0.25) is 0 Å². The van der Waals surface area contributed by atoms with Gasteiger partial charge in [0.05, 0.1) is 6.04 Å². The fraction of sp³-hybridized carbons (Fsp3) is 0.500. The van der Waals surface area contributed by atoms with Crippen molar-refractivity contribution in [1.82, 2.24) is 15.5 Å². The van der Waals surface area contributed by atoms with E-state index >= 15 is 0 Å². The Morgan fingerprint density at radius 2 is 1.82 bits per heavy atom. The zero-order chi connectivity index (χ0) is 20.4. The van der Waals surface area contributed by atoms with Crippen molar-refractivity contribution in [3.05, 3.63) is 42.0 Å². The number of benzene rings is 1. The fourth-order valence-electron chi connectivity index (χ4n) is 2.19. The van der Waals surface area contributed by atoms with Crippen LogP contribution in [0.5, 0.6) is 11.6 Å². The van der Waals surface area contributed by atoms with Crippen LogP contribution in [0.1, 0.15) is 26.3 Å². The molecule has 0 aliphatic rings. The Balaban J connectivity index is 1.66. The molecule has 0 spiro atoms. The molecule has 0 fully saturated rings. The van der Waals surface area contributed by atoms with Gasteiger partial charge in [0.25, 0.3) is 0 Å². The average Bonchev–Trinajstić information content (AvgIpc) is 2.69. The number of azo groups is 1. The molecule has 0 amide bonds. The van der Waals surface area contributed by atoms with Gasteiger partial charge in [0, 0.05) is 18.7 Å². The van der Waals surface area contributed by atoms with Crippen molar-refractivity contribution in [2.24, 2.45) is 10.2 Å². The second kappa shape index (κ2) is 11.3. The summed E-state index contributed by atoms with van der Waals surface area (Å²) < 4.78 is 11.3. The van der Waals surface area contributed by atoms with Crippen LogP contribution in [0, 0.1) is 6.92 Å². The molecule has 0 aliphatic carbocycles. The third kappa shape index (κ3) is 7.98. The monoisotopic (exact) mass is 387 g/mol. The van der Waals surface area contributed by atoms with E-state index < -0.39 is 6.10 Å². The van der Waals surface area contributed by atoms with Gasteiger partial charge >= 0.3 is 0 Å². The van der Waals surface area contributed by atoms with Gasteiger partial charge in [0.1, 0.15) is 25.1 Å². The lowest BCUT2D eigenvalue weighted by molar-refractivity contribution is 0.101. The third-order valence-electron chi connectivity index (χ3n) is 3.73. The normalized spacial score (nSPS) is 13.6. The van der Waals surface area contributed by atoms with Gasteiger partial charge in [0.15, 0.2) is 5.82 Å². The van der Waals surface area contributed by atoms with Crippen molar-refractivity contribution in [2.45, 2.75) is 45.9 Å². The molecule has 0 radical (unpaired) electrons. The molecule has 2 rings (SSSR count). The number of ether oxygens (including phenoxy) is 2. The molecule has 2 aromatic rings. The molecule has 2 unspecified atom stereocenters. The molecule has 28 heavy (non-hydrogen) atoms. The predicted molar refractivity (Wildman–Crippen MR) is 107 cm³/mol. The van der Waals surface area contributed by atoms with Crippen molar-refractivity contribution < 1.29 is 14.6 Å². The molecule has 2 N–H and O–H groups in total. The Hall–Kier alpha value is -2.58. The van der Waals surface area contributed by atoms with E-state index in [1.165, 1.54) is 0 Å². The van der Waals surface area contributed by atoms with Crippen molar-refractivity contribution >= 4 is 5.82 Å². The number of aliphatic hydroxyl groups excluding tert-OH is 1. The number of nitrogens with one attached hydrogen (secondary N) is 1. The van der Waals surface area contributed by atoms with Crippen LogP contribution >= 0.6 is 0 Å². The Labute approximate surface area is 166 Å². The van der Waals surface area contributed by atoms with Gasteiger partial charge in [-0.3, -0.25) is 0 Å². The lowest BCUT2D eigenvalue weighted by atomic mass is 10.2. The van der Waals surface area contributed by atoms with Crippen LogP contribution in [0.15, 0.2) is 46.6 Å². The Morgan fingerprint density at radius 3 is 2.50 bits per heavy atom. The van der Waals surface area contributed by atoms with E-state index in [0.29, 0.717) is 24.8 Å². The summed E-state index contributed by atoms with van der Waals surface area (Å²) in [4.78, 5) is 0. The number of aliphatic hydroxyl groups is 1. The lowest BCUT2D eigenvalue weighted by Crippen LogP contribution is -2.39. The fourth-order valence-corrected chi connectivity index (χ4v) is 2.19. The number of hydrogen-bond acceptors (Lipinski definition) is 8. The Kier molecular flexibility index (Phi) is 8.77. The van der Waals surface area contributed by atoms with Crippen LogP contribution < -0.4 is 14.8 Å². The van der Waals surface area contributed by atoms with E-state index in [0.717, 1.165) is 11.3 Å². The van der Waals surface area contributed by atoms with Gasteiger partial charge in [-0.05, 0) is 45.4 Å². The van der Waals surface area contributed by atoms with Crippen LogP contribution in [0.4, 0.5) is 5.82 Å². The van der Waals surface area contributed by atoms with Crippen LogP contribution in [0.3, 0.4) is 0 Å². The van der Waals surface area contributed by atoms with Gasteiger partial charge in [-0.1, -0.05) is 18.2 Å².